The van der Waals surface area contributed by atoms with Crippen molar-refractivity contribution in [3.63, 3.8) is 0 Å². The van der Waals surface area contributed by atoms with Gasteiger partial charge in [-0.1, -0.05) is 48.5 Å². The fraction of sp³-hybridized carbons (Fsp3) is 0.125. The molecule has 4 aromatic rings. The normalized spacial score (nSPS) is 16.4. The molecule has 138 valence electrons. The smallest absolute Gasteiger partial charge is 0.134 e. The number of fused-ring (bicyclic) bond motifs is 2. The number of aliphatic hydroxyl groups is 1. The quantitative estimate of drug-likeness (QED) is 0.548. The number of halogens is 1. The van der Waals surface area contributed by atoms with Gasteiger partial charge in [-0.25, -0.2) is 4.39 Å². The predicted octanol–water partition coefficient (Wildman–Crippen LogP) is 5.05. The van der Waals surface area contributed by atoms with Crippen LogP contribution in [0.3, 0.4) is 0 Å². The first kappa shape index (κ1) is 17.0. The monoisotopic (exact) mass is 370 g/mol. The van der Waals surface area contributed by atoms with Crippen LogP contribution >= 0.6 is 0 Å². The fourth-order valence-electron chi connectivity index (χ4n) is 3.91. The van der Waals surface area contributed by atoms with Crippen LogP contribution in [0.4, 0.5) is 4.39 Å². The molecule has 1 aromatic heterocycles. The first-order chi connectivity index (χ1) is 13.7. The summed E-state index contributed by atoms with van der Waals surface area (Å²) >= 11 is 0. The zero-order chi connectivity index (χ0) is 19.1. The van der Waals surface area contributed by atoms with Crippen LogP contribution in [-0.4, -0.2) is 15.0 Å². The van der Waals surface area contributed by atoms with Crippen molar-refractivity contribution in [2.24, 2.45) is 0 Å². The molecule has 0 aliphatic carbocycles. The summed E-state index contributed by atoms with van der Waals surface area (Å²) in [4.78, 5) is 6.01. The van der Waals surface area contributed by atoms with Gasteiger partial charge in [0.25, 0.3) is 0 Å². The van der Waals surface area contributed by atoms with E-state index in [-0.39, 0.29) is 5.82 Å². The van der Waals surface area contributed by atoms with Crippen molar-refractivity contribution < 1.29 is 9.50 Å². The minimum atomic E-state index is -0.690. The van der Waals surface area contributed by atoms with Gasteiger partial charge in [0.15, 0.2) is 0 Å². The largest absolute Gasteiger partial charge is 0.374 e. The first-order valence-electron chi connectivity index (χ1n) is 9.31. The molecule has 0 saturated heterocycles. The van der Waals surface area contributed by atoms with Gasteiger partial charge in [-0.2, -0.15) is 0 Å². The van der Waals surface area contributed by atoms with Crippen molar-refractivity contribution >= 4 is 10.8 Å². The highest BCUT2D eigenvalue weighted by molar-refractivity contribution is 5.86. The van der Waals surface area contributed by atoms with Gasteiger partial charge >= 0.3 is 0 Å². The van der Waals surface area contributed by atoms with Gasteiger partial charge in [0.1, 0.15) is 12.0 Å². The van der Waals surface area contributed by atoms with E-state index in [9.17, 15) is 9.50 Å². The third-order valence-electron chi connectivity index (χ3n) is 5.45. The summed E-state index contributed by atoms with van der Waals surface area (Å²) in [5.41, 5.74) is 4.39. The third-order valence-corrected chi connectivity index (χ3v) is 5.45. The zero-order valence-corrected chi connectivity index (χ0v) is 15.2. The molecule has 0 bridgehead atoms. The maximum Gasteiger partial charge on any atom is 0.134 e. The van der Waals surface area contributed by atoms with E-state index in [4.69, 9.17) is 0 Å². The molecule has 3 aromatic carbocycles. The van der Waals surface area contributed by atoms with Gasteiger partial charge in [0.2, 0.25) is 0 Å². The topological polar surface area (TPSA) is 36.4 Å². The van der Waals surface area contributed by atoms with Crippen LogP contribution in [0, 0.1) is 5.82 Å². The standard InChI is InChI=1S/C24H19FN2O/c25-23-12-17(16-5-7-19-13-26-10-9-18(19)11-16)6-8-21(23)15-27-14-20-3-1-2-4-22(20)24(27)28/h1-13,24,28H,14-15H2. The summed E-state index contributed by atoms with van der Waals surface area (Å²) in [6.45, 7) is 0.989. The van der Waals surface area contributed by atoms with E-state index >= 15 is 0 Å². The number of nitrogens with zero attached hydrogens (tertiary/aromatic N) is 2. The second-order valence-corrected chi connectivity index (χ2v) is 7.22. The molecule has 0 saturated carbocycles. The summed E-state index contributed by atoms with van der Waals surface area (Å²) in [5.74, 6) is -0.254. The summed E-state index contributed by atoms with van der Waals surface area (Å²) < 4.78 is 14.8. The molecular weight excluding hydrogens is 351 g/mol. The van der Waals surface area contributed by atoms with E-state index in [1.54, 1.807) is 12.3 Å². The van der Waals surface area contributed by atoms with Crippen molar-refractivity contribution in [2.45, 2.75) is 19.3 Å². The van der Waals surface area contributed by atoms with Crippen molar-refractivity contribution in [1.82, 2.24) is 9.88 Å². The minimum Gasteiger partial charge on any atom is -0.374 e. The summed E-state index contributed by atoms with van der Waals surface area (Å²) in [6.07, 6.45) is 2.89. The number of benzene rings is 3. The van der Waals surface area contributed by atoms with Gasteiger partial charge in [-0.3, -0.25) is 9.88 Å². The van der Waals surface area contributed by atoms with Gasteiger partial charge in [0, 0.05) is 36.4 Å². The average Bonchev–Trinajstić information content (AvgIpc) is 3.05. The minimum absolute atomic E-state index is 0.254. The lowest BCUT2D eigenvalue weighted by molar-refractivity contribution is 0.00707. The number of aliphatic hydroxyl groups excluding tert-OH is 1. The van der Waals surface area contributed by atoms with E-state index in [0.717, 1.165) is 33.0 Å². The van der Waals surface area contributed by atoms with Crippen LogP contribution in [0.15, 0.2) is 79.1 Å². The number of rotatable bonds is 3. The molecule has 4 heteroatoms. The van der Waals surface area contributed by atoms with Crippen molar-refractivity contribution in [3.8, 4) is 11.1 Å². The summed E-state index contributed by atoms with van der Waals surface area (Å²) in [7, 11) is 0. The Hall–Kier alpha value is -3.08. The Balaban J connectivity index is 1.41. The predicted molar refractivity (Wildman–Crippen MR) is 108 cm³/mol. The first-order valence-corrected chi connectivity index (χ1v) is 9.31. The Morgan fingerprint density at radius 1 is 0.964 bits per heavy atom. The van der Waals surface area contributed by atoms with Crippen LogP contribution in [-0.2, 0) is 13.1 Å². The van der Waals surface area contributed by atoms with Gasteiger partial charge < -0.3 is 5.11 Å². The molecule has 0 spiro atoms. The van der Waals surface area contributed by atoms with E-state index < -0.39 is 6.23 Å². The molecule has 1 atom stereocenters. The lowest BCUT2D eigenvalue weighted by Gasteiger charge is -2.21. The van der Waals surface area contributed by atoms with Crippen LogP contribution < -0.4 is 0 Å². The van der Waals surface area contributed by atoms with E-state index in [1.807, 2.05) is 71.8 Å². The van der Waals surface area contributed by atoms with Crippen molar-refractivity contribution in [3.05, 3.63) is 102 Å². The molecule has 3 nitrogen and oxygen atoms in total. The van der Waals surface area contributed by atoms with Crippen LogP contribution in [0.5, 0.6) is 0 Å². The van der Waals surface area contributed by atoms with Crippen molar-refractivity contribution in [1.29, 1.82) is 0 Å². The van der Waals surface area contributed by atoms with Crippen molar-refractivity contribution in [2.75, 3.05) is 0 Å². The molecule has 0 radical (unpaired) electrons. The molecule has 0 fully saturated rings. The highest BCUT2D eigenvalue weighted by Crippen LogP contribution is 2.33. The zero-order valence-electron chi connectivity index (χ0n) is 15.2. The van der Waals surface area contributed by atoms with Crippen LogP contribution in [0.2, 0.25) is 0 Å². The SMILES string of the molecule is OC1c2ccccc2CN1Cc1ccc(-c2ccc3cnccc3c2)cc1F. The van der Waals surface area contributed by atoms with E-state index in [1.165, 1.54) is 0 Å². The van der Waals surface area contributed by atoms with Gasteiger partial charge in [0.05, 0.1) is 0 Å². The Bertz CT molecular complexity index is 1170. The number of pyridine rings is 1. The summed E-state index contributed by atoms with van der Waals surface area (Å²) in [5, 5.41) is 12.7. The Morgan fingerprint density at radius 2 is 1.79 bits per heavy atom. The molecule has 28 heavy (non-hydrogen) atoms. The molecule has 1 unspecified atom stereocenters. The summed E-state index contributed by atoms with van der Waals surface area (Å²) in [6, 6.07) is 21.1. The highest BCUT2D eigenvalue weighted by Gasteiger charge is 2.28. The van der Waals surface area contributed by atoms with Gasteiger partial charge in [-0.05, 0) is 45.8 Å². The highest BCUT2D eigenvalue weighted by atomic mass is 19.1. The molecule has 1 aliphatic heterocycles. The second kappa shape index (κ2) is 6.82. The second-order valence-electron chi connectivity index (χ2n) is 7.22. The lowest BCUT2D eigenvalue weighted by atomic mass is 10.0. The lowest BCUT2D eigenvalue weighted by Crippen LogP contribution is -2.21. The van der Waals surface area contributed by atoms with Gasteiger partial charge in [-0.15, -0.1) is 0 Å². The molecule has 1 N–H and O–H groups in total. The molecule has 2 heterocycles. The Labute approximate surface area is 162 Å². The Kier molecular flexibility index (Phi) is 4.15. The molecule has 5 rings (SSSR count). The number of aromatic nitrogens is 1. The number of hydrogen-bond acceptors (Lipinski definition) is 3. The molecule has 0 amide bonds. The van der Waals surface area contributed by atoms with Crippen LogP contribution in [0.25, 0.3) is 21.9 Å². The third kappa shape index (κ3) is 2.97. The van der Waals surface area contributed by atoms with E-state index in [2.05, 4.69) is 4.98 Å². The maximum atomic E-state index is 14.8. The van der Waals surface area contributed by atoms with Crippen LogP contribution in [0.1, 0.15) is 22.9 Å². The molecular formula is C24H19FN2O. The average molecular weight is 370 g/mol. The number of hydrogen-bond donors (Lipinski definition) is 1. The Morgan fingerprint density at radius 3 is 2.64 bits per heavy atom. The van der Waals surface area contributed by atoms with E-state index in [0.29, 0.717) is 18.7 Å². The maximum absolute atomic E-state index is 14.8. The molecule has 1 aliphatic rings. The fourth-order valence-corrected chi connectivity index (χ4v) is 3.91.